The predicted octanol–water partition coefficient (Wildman–Crippen LogP) is -0.234. The molecule has 0 aromatic carbocycles. The Balaban J connectivity index is 1.84. The summed E-state index contributed by atoms with van der Waals surface area (Å²) in [5.41, 5.74) is 0. The number of carbonyl (C=O) groups excluding carboxylic acids is 4. The summed E-state index contributed by atoms with van der Waals surface area (Å²) < 4.78 is 9.73. The molecule has 1 heterocycles. The molecular weight excluding hydrogens is 336 g/mol. The lowest BCUT2D eigenvalue weighted by molar-refractivity contribution is -0.146. The van der Waals surface area contributed by atoms with E-state index in [2.05, 4.69) is 5.32 Å². The third kappa shape index (κ3) is 4.62. The average molecular weight is 358 g/mol. The molecule has 1 N–H and O–H groups in total. The van der Waals surface area contributed by atoms with Crippen LogP contribution in [0.15, 0.2) is 0 Å². The Hall–Kier alpha value is -1.77. The summed E-state index contributed by atoms with van der Waals surface area (Å²) in [7, 11) is 0. The van der Waals surface area contributed by atoms with Crippen molar-refractivity contribution in [1.82, 2.24) is 10.2 Å². The fraction of sp³-hybridized carbons (Fsp3) is 0.733. The van der Waals surface area contributed by atoms with Crippen molar-refractivity contribution < 1.29 is 28.7 Å². The highest BCUT2D eigenvalue weighted by atomic mass is 32.2. The molecular formula is C15H22N2O6S. The number of thioether (sulfide) groups is 1. The zero-order chi connectivity index (χ0) is 17.7. The van der Waals surface area contributed by atoms with Gasteiger partial charge in [-0.3, -0.25) is 19.2 Å². The number of nitrogens with zero attached hydrogens (tertiary/aromatic N) is 1. The lowest BCUT2D eigenvalue weighted by Gasteiger charge is -2.23. The van der Waals surface area contributed by atoms with Crippen molar-refractivity contribution >= 4 is 35.5 Å². The van der Waals surface area contributed by atoms with Crippen LogP contribution in [0.1, 0.15) is 20.3 Å². The van der Waals surface area contributed by atoms with Gasteiger partial charge in [-0.2, -0.15) is 0 Å². The number of amides is 2. The van der Waals surface area contributed by atoms with Crippen molar-refractivity contribution in [2.75, 3.05) is 32.1 Å². The molecule has 9 heteroatoms. The smallest absolute Gasteiger partial charge is 0.325 e. The Labute approximate surface area is 144 Å². The van der Waals surface area contributed by atoms with Crippen LogP contribution in [0.5, 0.6) is 0 Å². The first-order chi connectivity index (χ1) is 11.5. The van der Waals surface area contributed by atoms with E-state index >= 15 is 0 Å². The Bertz CT molecular complexity index is 526. The van der Waals surface area contributed by atoms with Gasteiger partial charge < -0.3 is 19.7 Å². The maximum absolute atomic E-state index is 12.0. The second-order valence-corrected chi connectivity index (χ2v) is 6.67. The minimum atomic E-state index is -0.519. The number of rotatable bonds is 8. The molecule has 0 radical (unpaired) electrons. The van der Waals surface area contributed by atoms with Gasteiger partial charge in [-0.25, -0.2) is 0 Å². The minimum Gasteiger partial charge on any atom is -0.466 e. The number of hydrogen-bond acceptors (Lipinski definition) is 7. The Morgan fingerprint density at radius 3 is 2.62 bits per heavy atom. The SMILES string of the molecule is CCOC(=O)CNC(=O)CN1C(=O)CSC1C1CC1C(=O)OCC. The van der Waals surface area contributed by atoms with Crippen molar-refractivity contribution in [3.05, 3.63) is 0 Å². The first kappa shape index (κ1) is 18.6. The second-order valence-electron chi connectivity index (χ2n) is 5.56. The van der Waals surface area contributed by atoms with Gasteiger partial charge in [-0.15, -0.1) is 11.8 Å². The molecule has 2 amide bonds. The standard InChI is InChI=1S/C15H22N2O6S/c1-3-22-13(20)6-16-11(18)7-17-12(19)8-24-14(17)9-5-10(9)15(21)23-4-2/h9-10,14H,3-8H2,1-2H3,(H,16,18). The lowest BCUT2D eigenvalue weighted by Crippen LogP contribution is -2.44. The van der Waals surface area contributed by atoms with Gasteiger partial charge in [0.25, 0.3) is 0 Å². The van der Waals surface area contributed by atoms with E-state index in [-0.39, 0.29) is 48.8 Å². The summed E-state index contributed by atoms with van der Waals surface area (Å²) >= 11 is 1.44. The molecule has 1 aliphatic heterocycles. The molecule has 2 fully saturated rings. The van der Waals surface area contributed by atoms with Crippen molar-refractivity contribution in [1.29, 1.82) is 0 Å². The minimum absolute atomic E-state index is 0.0263. The van der Waals surface area contributed by atoms with Gasteiger partial charge in [0, 0.05) is 5.92 Å². The normalized spacial score (nSPS) is 25.3. The van der Waals surface area contributed by atoms with Crippen LogP contribution in [-0.4, -0.2) is 66.1 Å². The van der Waals surface area contributed by atoms with E-state index in [9.17, 15) is 19.2 Å². The zero-order valence-electron chi connectivity index (χ0n) is 13.8. The van der Waals surface area contributed by atoms with Crippen molar-refractivity contribution in [2.45, 2.75) is 25.6 Å². The van der Waals surface area contributed by atoms with E-state index in [0.29, 0.717) is 18.8 Å². The quantitative estimate of drug-likeness (QED) is 0.598. The molecule has 0 aromatic rings. The third-order valence-electron chi connectivity index (χ3n) is 3.85. The van der Waals surface area contributed by atoms with Gasteiger partial charge in [-0.1, -0.05) is 0 Å². The van der Waals surface area contributed by atoms with E-state index in [4.69, 9.17) is 9.47 Å². The molecule has 2 rings (SSSR count). The maximum Gasteiger partial charge on any atom is 0.325 e. The molecule has 1 aliphatic carbocycles. The summed E-state index contributed by atoms with van der Waals surface area (Å²) in [4.78, 5) is 48.4. The number of ether oxygens (including phenoxy) is 2. The number of nitrogens with one attached hydrogen (secondary N) is 1. The first-order valence-electron chi connectivity index (χ1n) is 7.97. The van der Waals surface area contributed by atoms with Gasteiger partial charge in [0.05, 0.1) is 30.3 Å². The van der Waals surface area contributed by atoms with E-state index in [1.807, 2.05) is 0 Å². The highest BCUT2D eigenvalue weighted by Crippen LogP contribution is 2.49. The van der Waals surface area contributed by atoms with Crippen molar-refractivity contribution in [3.8, 4) is 0 Å². The fourth-order valence-electron chi connectivity index (χ4n) is 2.65. The van der Waals surface area contributed by atoms with Crippen LogP contribution in [-0.2, 0) is 28.7 Å². The van der Waals surface area contributed by atoms with Gasteiger partial charge >= 0.3 is 11.9 Å². The highest BCUT2D eigenvalue weighted by molar-refractivity contribution is 8.01. The molecule has 8 nitrogen and oxygen atoms in total. The summed E-state index contributed by atoms with van der Waals surface area (Å²) in [6, 6.07) is 0. The highest BCUT2D eigenvalue weighted by Gasteiger charge is 2.53. The first-order valence-corrected chi connectivity index (χ1v) is 9.02. The zero-order valence-corrected chi connectivity index (χ0v) is 14.6. The fourth-order valence-corrected chi connectivity index (χ4v) is 4.05. The van der Waals surface area contributed by atoms with E-state index in [1.54, 1.807) is 13.8 Å². The largest absolute Gasteiger partial charge is 0.466 e. The Morgan fingerprint density at radius 1 is 1.25 bits per heavy atom. The molecule has 1 saturated carbocycles. The van der Waals surface area contributed by atoms with Crippen molar-refractivity contribution in [3.63, 3.8) is 0 Å². The molecule has 0 bridgehead atoms. The number of carbonyl (C=O) groups is 4. The molecule has 0 spiro atoms. The molecule has 24 heavy (non-hydrogen) atoms. The van der Waals surface area contributed by atoms with E-state index < -0.39 is 11.9 Å². The lowest BCUT2D eigenvalue weighted by atomic mass is 10.2. The summed E-state index contributed by atoms with van der Waals surface area (Å²) in [6.45, 7) is 3.67. The van der Waals surface area contributed by atoms with E-state index in [1.165, 1.54) is 16.7 Å². The molecule has 3 atom stereocenters. The Morgan fingerprint density at radius 2 is 1.96 bits per heavy atom. The van der Waals surface area contributed by atoms with Gasteiger partial charge in [0.1, 0.15) is 13.1 Å². The third-order valence-corrected chi connectivity index (χ3v) is 5.21. The van der Waals surface area contributed by atoms with Crippen LogP contribution < -0.4 is 5.32 Å². The number of hydrogen-bond donors (Lipinski definition) is 1. The molecule has 134 valence electrons. The van der Waals surface area contributed by atoms with Crippen LogP contribution in [0.3, 0.4) is 0 Å². The van der Waals surface area contributed by atoms with Gasteiger partial charge in [0.2, 0.25) is 11.8 Å². The summed E-state index contributed by atoms with van der Waals surface area (Å²) in [5.74, 6) is -1.19. The molecule has 0 aromatic heterocycles. The van der Waals surface area contributed by atoms with Crippen LogP contribution >= 0.6 is 11.8 Å². The Kier molecular flexibility index (Phi) is 6.47. The maximum atomic E-state index is 12.0. The monoisotopic (exact) mass is 358 g/mol. The van der Waals surface area contributed by atoms with Crippen LogP contribution in [0, 0.1) is 11.8 Å². The van der Waals surface area contributed by atoms with Gasteiger partial charge in [0.15, 0.2) is 0 Å². The molecule has 2 aliphatic rings. The summed E-state index contributed by atoms with van der Waals surface area (Å²) in [6.07, 6.45) is 0.671. The predicted molar refractivity (Wildman–Crippen MR) is 85.8 cm³/mol. The van der Waals surface area contributed by atoms with E-state index in [0.717, 1.165) is 0 Å². The van der Waals surface area contributed by atoms with Crippen LogP contribution in [0.4, 0.5) is 0 Å². The topological polar surface area (TPSA) is 102 Å². The van der Waals surface area contributed by atoms with Crippen molar-refractivity contribution in [2.24, 2.45) is 11.8 Å². The molecule has 1 saturated heterocycles. The summed E-state index contributed by atoms with van der Waals surface area (Å²) in [5, 5.41) is 2.25. The number of esters is 2. The van der Waals surface area contributed by atoms with Crippen LogP contribution in [0.25, 0.3) is 0 Å². The molecule has 3 unspecified atom stereocenters. The average Bonchev–Trinajstić information content (AvgIpc) is 3.26. The van der Waals surface area contributed by atoms with Gasteiger partial charge in [-0.05, 0) is 20.3 Å². The second kappa shape index (κ2) is 8.36. The van der Waals surface area contributed by atoms with Crippen LogP contribution in [0.2, 0.25) is 0 Å².